The number of benzene rings is 2. The topological polar surface area (TPSA) is 64.6 Å². The van der Waals surface area contributed by atoms with E-state index in [1.165, 1.54) is 43.3 Å². The van der Waals surface area contributed by atoms with Crippen LogP contribution in [0.5, 0.6) is 5.75 Å². The summed E-state index contributed by atoms with van der Waals surface area (Å²) in [6.45, 7) is -1.57. The van der Waals surface area contributed by atoms with Gasteiger partial charge in [-0.2, -0.15) is 8.78 Å². The summed E-state index contributed by atoms with van der Waals surface area (Å²) in [5.74, 6) is -2.01. The number of hydrogen-bond donors (Lipinski definition) is 1. The van der Waals surface area contributed by atoms with Crippen molar-refractivity contribution in [3.63, 3.8) is 0 Å². The van der Waals surface area contributed by atoms with E-state index in [1.807, 2.05) is 0 Å². The molecule has 1 N–H and O–H groups in total. The SMILES string of the molecule is C[C@H](OC(=O)/C=C/c1ccc(OC(F)F)cc1)C(=O)Nc1ccc(F)cc1Cl. The van der Waals surface area contributed by atoms with E-state index in [1.54, 1.807) is 0 Å². The Balaban J connectivity index is 1.88. The molecule has 2 aromatic carbocycles. The predicted octanol–water partition coefficient (Wildman–Crippen LogP) is 4.66. The van der Waals surface area contributed by atoms with E-state index >= 15 is 0 Å². The molecule has 1 atom stereocenters. The average Bonchev–Trinajstić information content (AvgIpc) is 2.63. The van der Waals surface area contributed by atoms with Crippen LogP contribution in [0.1, 0.15) is 12.5 Å². The van der Waals surface area contributed by atoms with Gasteiger partial charge in [-0.05, 0) is 48.9 Å². The molecule has 0 fully saturated rings. The number of ether oxygens (including phenoxy) is 2. The van der Waals surface area contributed by atoms with E-state index in [2.05, 4.69) is 10.1 Å². The van der Waals surface area contributed by atoms with Gasteiger partial charge in [0.15, 0.2) is 6.10 Å². The van der Waals surface area contributed by atoms with E-state index in [0.717, 1.165) is 18.2 Å². The Kier molecular flexibility index (Phi) is 7.45. The van der Waals surface area contributed by atoms with Crippen LogP contribution in [0.2, 0.25) is 5.02 Å². The molecule has 5 nitrogen and oxygen atoms in total. The first-order valence-corrected chi connectivity index (χ1v) is 8.32. The maximum absolute atomic E-state index is 13.0. The highest BCUT2D eigenvalue weighted by Crippen LogP contribution is 2.22. The third kappa shape index (κ3) is 6.62. The summed E-state index contributed by atoms with van der Waals surface area (Å²) < 4.78 is 46.4. The molecule has 0 saturated carbocycles. The molecule has 0 aromatic heterocycles. The smallest absolute Gasteiger partial charge is 0.387 e. The number of halogens is 4. The minimum absolute atomic E-state index is 0.00559. The minimum atomic E-state index is -2.92. The highest BCUT2D eigenvalue weighted by Gasteiger charge is 2.18. The third-order valence-electron chi connectivity index (χ3n) is 3.37. The molecule has 0 aliphatic rings. The first-order chi connectivity index (χ1) is 13.2. The summed E-state index contributed by atoms with van der Waals surface area (Å²) in [6, 6.07) is 9.01. The van der Waals surface area contributed by atoms with Crippen molar-refractivity contribution in [1.29, 1.82) is 0 Å². The van der Waals surface area contributed by atoms with Crippen molar-refractivity contribution in [2.75, 3.05) is 5.32 Å². The van der Waals surface area contributed by atoms with Gasteiger partial charge in [0.1, 0.15) is 11.6 Å². The summed E-state index contributed by atoms with van der Waals surface area (Å²) in [5, 5.41) is 2.43. The van der Waals surface area contributed by atoms with E-state index in [9.17, 15) is 22.8 Å². The maximum atomic E-state index is 13.0. The zero-order valence-corrected chi connectivity index (χ0v) is 15.3. The largest absolute Gasteiger partial charge is 0.449 e. The molecule has 0 saturated heterocycles. The second-order valence-corrected chi connectivity index (χ2v) is 5.88. The summed E-state index contributed by atoms with van der Waals surface area (Å²) in [5.41, 5.74) is 0.714. The molecule has 0 bridgehead atoms. The summed E-state index contributed by atoms with van der Waals surface area (Å²) >= 11 is 5.82. The van der Waals surface area contributed by atoms with E-state index in [0.29, 0.717) is 5.56 Å². The Bertz CT molecular complexity index is 872. The van der Waals surface area contributed by atoms with E-state index in [4.69, 9.17) is 16.3 Å². The molecule has 1 amide bonds. The minimum Gasteiger partial charge on any atom is -0.449 e. The van der Waals surface area contributed by atoms with Crippen LogP contribution in [0, 0.1) is 5.82 Å². The molecule has 0 aliphatic heterocycles. The number of alkyl halides is 2. The fraction of sp³-hybridized carbons (Fsp3) is 0.158. The lowest BCUT2D eigenvalue weighted by atomic mass is 10.2. The van der Waals surface area contributed by atoms with Crippen molar-refractivity contribution in [1.82, 2.24) is 0 Å². The zero-order chi connectivity index (χ0) is 20.7. The molecule has 148 valence electrons. The first kappa shape index (κ1) is 21.3. The van der Waals surface area contributed by atoms with Gasteiger partial charge < -0.3 is 14.8 Å². The van der Waals surface area contributed by atoms with Gasteiger partial charge in [0.25, 0.3) is 5.91 Å². The second kappa shape index (κ2) is 9.80. The molecule has 0 unspecified atom stereocenters. The van der Waals surface area contributed by atoms with Crippen LogP contribution in [-0.2, 0) is 14.3 Å². The van der Waals surface area contributed by atoms with Crippen LogP contribution >= 0.6 is 11.6 Å². The van der Waals surface area contributed by atoms with Crippen LogP contribution in [0.25, 0.3) is 6.08 Å². The Morgan fingerprint density at radius 3 is 2.43 bits per heavy atom. The molecule has 28 heavy (non-hydrogen) atoms. The van der Waals surface area contributed by atoms with E-state index < -0.39 is 30.4 Å². The fourth-order valence-corrected chi connectivity index (χ4v) is 2.23. The van der Waals surface area contributed by atoms with E-state index in [-0.39, 0.29) is 16.5 Å². The number of anilines is 1. The first-order valence-electron chi connectivity index (χ1n) is 7.94. The zero-order valence-electron chi connectivity index (χ0n) is 14.5. The van der Waals surface area contributed by atoms with Crippen molar-refractivity contribution >= 4 is 35.2 Å². The van der Waals surface area contributed by atoms with Gasteiger partial charge in [0, 0.05) is 6.08 Å². The van der Waals surface area contributed by atoms with Gasteiger partial charge in [0.2, 0.25) is 0 Å². The molecule has 0 spiro atoms. The molecule has 2 aromatic rings. The fourth-order valence-electron chi connectivity index (χ4n) is 2.02. The molecule has 0 heterocycles. The number of esters is 1. The van der Waals surface area contributed by atoms with Crippen LogP contribution in [0.15, 0.2) is 48.5 Å². The molecule has 2 rings (SSSR count). The highest BCUT2D eigenvalue weighted by molar-refractivity contribution is 6.33. The molecule has 0 aliphatic carbocycles. The standard InChI is InChI=1S/C19H15ClF3NO4/c1-11(18(26)24-16-8-5-13(21)10-15(16)20)27-17(25)9-4-12-2-6-14(7-3-12)28-19(22)23/h2-11,19H,1H3,(H,24,26)/b9-4+/t11-/m0/s1. The number of amides is 1. The lowest BCUT2D eigenvalue weighted by molar-refractivity contribution is -0.148. The van der Waals surface area contributed by atoms with Crippen molar-refractivity contribution in [2.45, 2.75) is 19.6 Å². The lowest BCUT2D eigenvalue weighted by Crippen LogP contribution is -2.29. The Labute approximate surface area is 163 Å². The Hall–Kier alpha value is -3.00. The third-order valence-corrected chi connectivity index (χ3v) is 3.68. The summed E-state index contributed by atoms with van der Waals surface area (Å²) in [6.07, 6.45) is 1.33. The Morgan fingerprint density at radius 1 is 1.14 bits per heavy atom. The molecule has 9 heteroatoms. The molecular formula is C19H15ClF3NO4. The number of nitrogens with one attached hydrogen (secondary N) is 1. The Morgan fingerprint density at radius 2 is 1.82 bits per heavy atom. The molecule has 0 radical (unpaired) electrons. The van der Waals surface area contributed by atoms with Crippen LogP contribution in [0.4, 0.5) is 18.9 Å². The van der Waals surface area contributed by atoms with Crippen LogP contribution in [-0.4, -0.2) is 24.6 Å². The maximum Gasteiger partial charge on any atom is 0.387 e. The number of carbonyl (C=O) groups excluding carboxylic acids is 2. The highest BCUT2D eigenvalue weighted by atomic mass is 35.5. The quantitative estimate of drug-likeness (QED) is 0.529. The van der Waals surface area contributed by atoms with Gasteiger partial charge in [-0.15, -0.1) is 0 Å². The normalized spacial score (nSPS) is 12.1. The van der Waals surface area contributed by atoms with Gasteiger partial charge in [-0.1, -0.05) is 23.7 Å². The van der Waals surface area contributed by atoms with Crippen molar-refractivity contribution in [2.24, 2.45) is 0 Å². The van der Waals surface area contributed by atoms with Crippen molar-refractivity contribution < 1.29 is 32.2 Å². The number of carbonyl (C=O) groups is 2. The van der Waals surface area contributed by atoms with Crippen LogP contribution in [0.3, 0.4) is 0 Å². The summed E-state index contributed by atoms with van der Waals surface area (Å²) in [4.78, 5) is 23.9. The van der Waals surface area contributed by atoms with Gasteiger partial charge in [-0.25, -0.2) is 9.18 Å². The average molecular weight is 414 g/mol. The second-order valence-electron chi connectivity index (χ2n) is 5.47. The summed E-state index contributed by atoms with van der Waals surface area (Å²) in [7, 11) is 0. The van der Waals surface area contributed by atoms with Crippen molar-refractivity contribution in [3.05, 3.63) is 64.9 Å². The van der Waals surface area contributed by atoms with Gasteiger partial charge in [-0.3, -0.25) is 4.79 Å². The van der Waals surface area contributed by atoms with Crippen LogP contribution < -0.4 is 10.1 Å². The number of hydrogen-bond acceptors (Lipinski definition) is 4. The van der Waals surface area contributed by atoms with Gasteiger partial charge in [0.05, 0.1) is 10.7 Å². The van der Waals surface area contributed by atoms with Crippen molar-refractivity contribution in [3.8, 4) is 5.75 Å². The lowest BCUT2D eigenvalue weighted by Gasteiger charge is -2.13. The predicted molar refractivity (Wildman–Crippen MR) is 97.7 cm³/mol. The monoisotopic (exact) mass is 413 g/mol. The number of rotatable bonds is 7. The molecular weight excluding hydrogens is 399 g/mol. The van der Waals surface area contributed by atoms with Gasteiger partial charge >= 0.3 is 12.6 Å².